The van der Waals surface area contributed by atoms with Crippen molar-refractivity contribution < 1.29 is 9.21 Å². The SMILES string of the molecule is Cc1ccc(NC(=O)C=Cc2ccc(C)o2)cc1. The molecule has 0 saturated carbocycles. The molecule has 1 N–H and O–H groups in total. The van der Waals surface area contributed by atoms with E-state index in [4.69, 9.17) is 4.42 Å². The number of aryl methyl sites for hydroxylation is 2. The molecule has 1 amide bonds. The fourth-order valence-electron chi connectivity index (χ4n) is 1.52. The highest BCUT2D eigenvalue weighted by atomic mass is 16.3. The van der Waals surface area contributed by atoms with Crippen molar-refractivity contribution in [2.45, 2.75) is 13.8 Å². The summed E-state index contributed by atoms with van der Waals surface area (Å²) in [5.41, 5.74) is 1.94. The normalized spacial score (nSPS) is 10.8. The number of rotatable bonds is 3. The number of amides is 1. The summed E-state index contributed by atoms with van der Waals surface area (Å²) in [6.07, 6.45) is 3.11. The lowest BCUT2D eigenvalue weighted by Crippen LogP contribution is -2.07. The summed E-state index contributed by atoms with van der Waals surface area (Å²) in [7, 11) is 0. The maximum absolute atomic E-state index is 11.6. The van der Waals surface area contributed by atoms with Crippen molar-refractivity contribution in [1.82, 2.24) is 0 Å². The van der Waals surface area contributed by atoms with Crippen LogP contribution in [0.1, 0.15) is 17.1 Å². The van der Waals surface area contributed by atoms with E-state index in [9.17, 15) is 4.79 Å². The Balaban J connectivity index is 1.96. The fraction of sp³-hybridized carbons (Fsp3) is 0.133. The average Bonchev–Trinajstić information content (AvgIpc) is 2.76. The summed E-state index contributed by atoms with van der Waals surface area (Å²) in [6, 6.07) is 11.3. The Kier molecular flexibility index (Phi) is 3.63. The van der Waals surface area contributed by atoms with Gasteiger partial charge in [-0.2, -0.15) is 0 Å². The Morgan fingerprint density at radius 2 is 1.83 bits per heavy atom. The van der Waals surface area contributed by atoms with Crippen molar-refractivity contribution in [3.05, 3.63) is 59.6 Å². The lowest BCUT2D eigenvalue weighted by molar-refractivity contribution is -0.111. The Morgan fingerprint density at radius 1 is 1.11 bits per heavy atom. The molecule has 1 heterocycles. The predicted molar refractivity (Wildman–Crippen MR) is 72.3 cm³/mol. The van der Waals surface area contributed by atoms with Crippen LogP contribution in [-0.2, 0) is 4.79 Å². The number of benzene rings is 1. The number of hydrogen-bond donors (Lipinski definition) is 1. The van der Waals surface area contributed by atoms with Crippen molar-refractivity contribution in [2.24, 2.45) is 0 Å². The van der Waals surface area contributed by atoms with E-state index >= 15 is 0 Å². The highest BCUT2D eigenvalue weighted by molar-refractivity contribution is 6.01. The lowest BCUT2D eigenvalue weighted by Gasteiger charge is -2.01. The molecule has 18 heavy (non-hydrogen) atoms. The van der Waals surface area contributed by atoms with Gasteiger partial charge in [0.2, 0.25) is 5.91 Å². The topological polar surface area (TPSA) is 42.2 Å². The maximum atomic E-state index is 11.6. The number of anilines is 1. The standard InChI is InChI=1S/C15H15NO2/c1-11-3-6-13(7-4-11)16-15(17)10-9-14-8-5-12(2)18-14/h3-10H,1-2H3,(H,16,17). The molecule has 1 aromatic carbocycles. The molecule has 2 rings (SSSR count). The van der Waals surface area contributed by atoms with Crippen LogP contribution in [0.5, 0.6) is 0 Å². The van der Waals surface area contributed by atoms with Crippen LogP contribution < -0.4 is 5.32 Å². The highest BCUT2D eigenvalue weighted by Crippen LogP contribution is 2.10. The minimum Gasteiger partial charge on any atom is -0.462 e. The number of hydrogen-bond acceptors (Lipinski definition) is 2. The minimum absolute atomic E-state index is 0.173. The van der Waals surface area contributed by atoms with Gasteiger partial charge in [-0.05, 0) is 44.2 Å². The molecule has 3 heteroatoms. The van der Waals surface area contributed by atoms with Crippen LogP contribution in [0.3, 0.4) is 0 Å². The largest absolute Gasteiger partial charge is 0.462 e. The van der Waals surface area contributed by atoms with Crippen LogP contribution in [0.15, 0.2) is 46.9 Å². The first-order chi connectivity index (χ1) is 8.63. The second-order valence-corrected chi connectivity index (χ2v) is 4.14. The average molecular weight is 241 g/mol. The van der Waals surface area contributed by atoms with Crippen molar-refractivity contribution in [3.8, 4) is 0 Å². The van der Waals surface area contributed by atoms with E-state index < -0.39 is 0 Å². The highest BCUT2D eigenvalue weighted by Gasteiger charge is 1.98. The van der Waals surface area contributed by atoms with E-state index in [1.165, 1.54) is 6.08 Å². The van der Waals surface area contributed by atoms with Gasteiger partial charge in [0, 0.05) is 11.8 Å². The lowest BCUT2D eigenvalue weighted by atomic mass is 10.2. The van der Waals surface area contributed by atoms with Gasteiger partial charge in [-0.1, -0.05) is 17.7 Å². The molecule has 2 aromatic rings. The van der Waals surface area contributed by atoms with Gasteiger partial charge in [-0.3, -0.25) is 4.79 Å². The molecule has 1 aromatic heterocycles. The number of furan rings is 1. The van der Waals surface area contributed by atoms with Crippen LogP contribution in [0.4, 0.5) is 5.69 Å². The van der Waals surface area contributed by atoms with Gasteiger partial charge in [-0.15, -0.1) is 0 Å². The van der Waals surface area contributed by atoms with Crippen LogP contribution >= 0.6 is 0 Å². The number of carbonyl (C=O) groups excluding carboxylic acids is 1. The van der Waals surface area contributed by atoms with Gasteiger partial charge >= 0.3 is 0 Å². The van der Waals surface area contributed by atoms with Crippen LogP contribution in [0, 0.1) is 13.8 Å². The van der Waals surface area contributed by atoms with Gasteiger partial charge in [0.05, 0.1) is 0 Å². The molecule has 3 nitrogen and oxygen atoms in total. The van der Waals surface area contributed by atoms with Crippen LogP contribution in [-0.4, -0.2) is 5.91 Å². The summed E-state index contributed by atoms with van der Waals surface area (Å²) in [6.45, 7) is 3.87. The van der Waals surface area contributed by atoms with E-state index in [1.807, 2.05) is 50.2 Å². The third-order valence-electron chi connectivity index (χ3n) is 2.48. The van der Waals surface area contributed by atoms with Gasteiger partial charge in [0.25, 0.3) is 0 Å². The van der Waals surface area contributed by atoms with Gasteiger partial charge in [0.15, 0.2) is 0 Å². The van der Waals surface area contributed by atoms with Gasteiger partial charge in [-0.25, -0.2) is 0 Å². The summed E-state index contributed by atoms with van der Waals surface area (Å²) in [5.74, 6) is 1.33. The van der Waals surface area contributed by atoms with Gasteiger partial charge in [0.1, 0.15) is 11.5 Å². The van der Waals surface area contributed by atoms with E-state index in [0.29, 0.717) is 5.76 Å². The molecular weight excluding hydrogens is 226 g/mol. The first kappa shape index (κ1) is 12.2. The third-order valence-corrected chi connectivity index (χ3v) is 2.48. The maximum Gasteiger partial charge on any atom is 0.248 e. The molecule has 92 valence electrons. The number of carbonyl (C=O) groups is 1. The summed E-state index contributed by atoms with van der Waals surface area (Å²) >= 11 is 0. The molecular formula is C15H15NO2. The quantitative estimate of drug-likeness (QED) is 0.835. The Hall–Kier alpha value is -2.29. The van der Waals surface area contributed by atoms with Crippen LogP contribution in [0.2, 0.25) is 0 Å². The first-order valence-electron chi connectivity index (χ1n) is 5.76. The zero-order valence-electron chi connectivity index (χ0n) is 10.4. The molecule has 0 aliphatic heterocycles. The monoisotopic (exact) mass is 241 g/mol. The van der Waals surface area contributed by atoms with E-state index in [0.717, 1.165) is 17.0 Å². The summed E-state index contributed by atoms with van der Waals surface area (Å²) < 4.78 is 5.33. The Labute approximate surface area is 106 Å². The van der Waals surface area contributed by atoms with Crippen molar-refractivity contribution >= 4 is 17.7 Å². The molecule has 0 radical (unpaired) electrons. The molecule has 0 aliphatic rings. The van der Waals surface area contributed by atoms with Gasteiger partial charge < -0.3 is 9.73 Å². The van der Waals surface area contributed by atoms with Crippen LogP contribution in [0.25, 0.3) is 6.08 Å². The van der Waals surface area contributed by atoms with Crippen molar-refractivity contribution in [1.29, 1.82) is 0 Å². The second kappa shape index (κ2) is 5.36. The third kappa shape index (κ3) is 3.35. The molecule has 0 fully saturated rings. The van der Waals surface area contributed by atoms with Crippen molar-refractivity contribution in [3.63, 3.8) is 0 Å². The first-order valence-corrected chi connectivity index (χ1v) is 5.76. The molecule has 0 aliphatic carbocycles. The van der Waals surface area contributed by atoms with E-state index in [-0.39, 0.29) is 5.91 Å². The minimum atomic E-state index is -0.173. The Morgan fingerprint density at radius 3 is 2.44 bits per heavy atom. The summed E-state index contributed by atoms with van der Waals surface area (Å²) in [4.78, 5) is 11.6. The second-order valence-electron chi connectivity index (χ2n) is 4.14. The Bertz CT molecular complexity index is 564. The molecule has 0 bridgehead atoms. The smallest absolute Gasteiger partial charge is 0.248 e. The van der Waals surface area contributed by atoms with E-state index in [2.05, 4.69) is 5.32 Å². The molecule has 0 unspecified atom stereocenters. The molecule has 0 atom stereocenters. The zero-order chi connectivity index (χ0) is 13.0. The fourth-order valence-corrected chi connectivity index (χ4v) is 1.52. The molecule has 0 saturated heterocycles. The van der Waals surface area contributed by atoms with E-state index in [1.54, 1.807) is 6.08 Å². The summed E-state index contributed by atoms with van der Waals surface area (Å²) in [5, 5.41) is 2.78. The molecule has 0 spiro atoms. The van der Waals surface area contributed by atoms with Crippen molar-refractivity contribution in [2.75, 3.05) is 5.32 Å². The zero-order valence-corrected chi connectivity index (χ0v) is 10.4. The number of nitrogens with one attached hydrogen (secondary N) is 1. The predicted octanol–water partition coefficient (Wildman–Crippen LogP) is 3.55.